The maximum absolute atomic E-state index is 13.4. The van der Waals surface area contributed by atoms with E-state index in [9.17, 15) is 9.18 Å². The zero-order valence-electron chi connectivity index (χ0n) is 15.1. The first kappa shape index (κ1) is 18.8. The minimum absolute atomic E-state index is 0.0329. The Kier molecular flexibility index (Phi) is 6.38. The van der Waals surface area contributed by atoms with Gasteiger partial charge in [-0.1, -0.05) is 18.2 Å². The second-order valence-corrected chi connectivity index (χ2v) is 6.11. The molecule has 0 unspecified atom stereocenters. The number of hydrogen-bond donors (Lipinski definition) is 2. The molecule has 27 heavy (non-hydrogen) atoms. The van der Waals surface area contributed by atoms with Gasteiger partial charge in [-0.15, -0.1) is 0 Å². The summed E-state index contributed by atoms with van der Waals surface area (Å²) in [5.41, 5.74) is 0.868. The molecule has 2 aromatic rings. The number of anilines is 1. The van der Waals surface area contributed by atoms with E-state index in [2.05, 4.69) is 15.6 Å². The van der Waals surface area contributed by atoms with Crippen molar-refractivity contribution in [1.29, 1.82) is 0 Å². The SMILES string of the molecule is COc1ccccc1NC(=NC[C@H]1CCCO1)NC(=O)c1cccc(F)c1. The molecule has 3 rings (SSSR count). The van der Waals surface area contributed by atoms with Gasteiger partial charge in [-0.2, -0.15) is 0 Å². The van der Waals surface area contributed by atoms with Gasteiger partial charge in [0.1, 0.15) is 11.6 Å². The maximum atomic E-state index is 13.4. The van der Waals surface area contributed by atoms with Gasteiger partial charge in [-0.25, -0.2) is 9.38 Å². The van der Waals surface area contributed by atoms with Crippen LogP contribution in [0.2, 0.25) is 0 Å². The van der Waals surface area contributed by atoms with Crippen molar-refractivity contribution in [3.05, 3.63) is 59.9 Å². The van der Waals surface area contributed by atoms with Crippen LogP contribution in [0, 0.1) is 5.82 Å². The molecule has 142 valence electrons. The fourth-order valence-corrected chi connectivity index (χ4v) is 2.78. The summed E-state index contributed by atoms with van der Waals surface area (Å²) in [6.07, 6.45) is 1.97. The van der Waals surface area contributed by atoms with Crippen molar-refractivity contribution in [2.24, 2.45) is 4.99 Å². The van der Waals surface area contributed by atoms with Crippen LogP contribution in [-0.2, 0) is 4.74 Å². The van der Waals surface area contributed by atoms with E-state index in [4.69, 9.17) is 9.47 Å². The molecule has 0 aliphatic carbocycles. The monoisotopic (exact) mass is 371 g/mol. The average molecular weight is 371 g/mol. The largest absolute Gasteiger partial charge is 0.495 e. The molecular weight excluding hydrogens is 349 g/mol. The Balaban J connectivity index is 1.78. The van der Waals surface area contributed by atoms with Gasteiger partial charge < -0.3 is 14.8 Å². The standard InChI is InChI=1S/C20H22FN3O3/c1-26-18-10-3-2-9-17(18)23-20(22-13-16-8-5-11-27-16)24-19(25)14-6-4-7-15(21)12-14/h2-4,6-7,9-10,12,16H,5,8,11,13H2,1H3,(H2,22,23,24,25)/t16-/m1/s1. The van der Waals surface area contributed by atoms with Crippen LogP contribution in [0.3, 0.4) is 0 Å². The summed E-state index contributed by atoms with van der Waals surface area (Å²) in [5, 5.41) is 5.79. The zero-order chi connectivity index (χ0) is 19.1. The normalized spacial score (nSPS) is 16.8. The highest BCUT2D eigenvalue weighted by atomic mass is 19.1. The predicted octanol–water partition coefficient (Wildman–Crippen LogP) is 3.21. The van der Waals surface area contributed by atoms with Crippen LogP contribution in [0.4, 0.5) is 10.1 Å². The summed E-state index contributed by atoms with van der Waals surface area (Å²) in [7, 11) is 1.56. The highest BCUT2D eigenvalue weighted by Gasteiger charge is 2.17. The molecule has 1 amide bonds. The first-order valence-corrected chi connectivity index (χ1v) is 8.78. The molecule has 0 spiro atoms. The molecule has 1 heterocycles. The molecular formula is C20H22FN3O3. The van der Waals surface area contributed by atoms with Crippen molar-refractivity contribution >= 4 is 17.6 Å². The fraction of sp³-hybridized carbons (Fsp3) is 0.300. The molecule has 0 radical (unpaired) electrons. The lowest BCUT2D eigenvalue weighted by atomic mass is 10.2. The summed E-state index contributed by atoms with van der Waals surface area (Å²) in [6.45, 7) is 1.14. The number of para-hydroxylation sites is 2. The quantitative estimate of drug-likeness (QED) is 0.625. The molecule has 6 nitrogen and oxygen atoms in total. The number of guanidine groups is 1. The highest BCUT2D eigenvalue weighted by Crippen LogP contribution is 2.23. The Bertz CT molecular complexity index is 820. The van der Waals surface area contributed by atoms with Gasteiger partial charge in [0.2, 0.25) is 5.96 Å². The lowest BCUT2D eigenvalue weighted by Crippen LogP contribution is -2.37. The number of halogens is 1. The van der Waals surface area contributed by atoms with Crippen LogP contribution in [0.15, 0.2) is 53.5 Å². The van der Waals surface area contributed by atoms with E-state index in [1.54, 1.807) is 19.2 Å². The Morgan fingerprint density at radius 3 is 2.89 bits per heavy atom. The van der Waals surface area contributed by atoms with E-state index >= 15 is 0 Å². The number of methoxy groups -OCH3 is 1. The zero-order valence-corrected chi connectivity index (χ0v) is 15.1. The predicted molar refractivity (Wildman–Crippen MR) is 102 cm³/mol. The molecule has 2 aromatic carbocycles. The van der Waals surface area contributed by atoms with Crippen LogP contribution < -0.4 is 15.4 Å². The molecule has 7 heteroatoms. The summed E-state index contributed by atoms with van der Waals surface area (Å²) in [6, 6.07) is 12.8. The van der Waals surface area contributed by atoms with E-state index in [-0.39, 0.29) is 17.6 Å². The third kappa shape index (κ3) is 5.27. The van der Waals surface area contributed by atoms with Gasteiger partial charge in [0.25, 0.3) is 5.91 Å². The van der Waals surface area contributed by atoms with Crippen LogP contribution >= 0.6 is 0 Å². The fourth-order valence-electron chi connectivity index (χ4n) is 2.78. The highest BCUT2D eigenvalue weighted by molar-refractivity contribution is 6.10. The molecule has 1 atom stereocenters. The number of hydrogen-bond acceptors (Lipinski definition) is 4. The molecule has 0 bridgehead atoms. The molecule has 1 saturated heterocycles. The number of ether oxygens (including phenoxy) is 2. The van der Waals surface area contributed by atoms with Crippen molar-refractivity contribution in [1.82, 2.24) is 5.32 Å². The molecule has 1 aliphatic heterocycles. The van der Waals surface area contributed by atoms with Gasteiger partial charge >= 0.3 is 0 Å². The van der Waals surface area contributed by atoms with Crippen molar-refractivity contribution in [3.8, 4) is 5.75 Å². The van der Waals surface area contributed by atoms with Crippen molar-refractivity contribution < 1.29 is 18.7 Å². The molecule has 0 saturated carbocycles. The second kappa shape index (κ2) is 9.14. The summed E-state index contributed by atoms with van der Waals surface area (Å²) in [5.74, 6) is -0.0623. The Hall–Kier alpha value is -2.93. The van der Waals surface area contributed by atoms with Crippen molar-refractivity contribution in [2.75, 3.05) is 25.6 Å². The van der Waals surface area contributed by atoms with Gasteiger partial charge in [0.05, 0.1) is 25.4 Å². The number of amides is 1. The molecule has 2 N–H and O–H groups in total. The number of nitrogens with zero attached hydrogens (tertiary/aromatic N) is 1. The first-order valence-electron chi connectivity index (χ1n) is 8.78. The van der Waals surface area contributed by atoms with Crippen molar-refractivity contribution in [2.45, 2.75) is 18.9 Å². The molecule has 0 aromatic heterocycles. The summed E-state index contributed by atoms with van der Waals surface area (Å²) < 4.78 is 24.3. The smallest absolute Gasteiger partial charge is 0.258 e. The number of aliphatic imine (C=N–C) groups is 1. The summed E-state index contributed by atoms with van der Waals surface area (Å²) in [4.78, 5) is 17.0. The van der Waals surface area contributed by atoms with Crippen LogP contribution in [0.5, 0.6) is 5.75 Å². The minimum Gasteiger partial charge on any atom is -0.495 e. The number of carbonyl (C=O) groups is 1. The van der Waals surface area contributed by atoms with Crippen molar-refractivity contribution in [3.63, 3.8) is 0 Å². The van der Waals surface area contributed by atoms with Crippen LogP contribution in [0.25, 0.3) is 0 Å². The third-order valence-electron chi connectivity index (χ3n) is 4.16. The van der Waals surface area contributed by atoms with Gasteiger partial charge in [0.15, 0.2) is 0 Å². The van der Waals surface area contributed by atoms with E-state index in [1.807, 2.05) is 18.2 Å². The average Bonchev–Trinajstić information content (AvgIpc) is 3.20. The lowest BCUT2D eigenvalue weighted by Gasteiger charge is -2.15. The Labute approximate surface area is 157 Å². The topological polar surface area (TPSA) is 71.9 Å². The van der Waals surface area contributed by atoms with Gasteiger partial charge in [0, 0.05) is 12.2 Å². The summed E-state index contributed by atoms with van der Waals surface area (Å²) >= 11 is 0. The maximum Gasteiger partial charge on any atom is 0.258 e. The number of carbonyl (C=O) groups excluding carboxylic acids is 1. The number of benzene rings is 2. The van der Waals surface area contributed by atoms with Crippen LogP contribution in [0.1, 0.15) is 23.2 Å². The van der Waals surface area contributed by atoms with E-state index in [1.165, 1.54) is 18.2 Å². The Morgan fingerprint density at radius 2 is 2.15 bits per heavy atom. The first-order chi connectivity index (χ1) is 13.2. The van der Waals surface area contributed by atoms with Gasteiger partial charge in [-0.05, 0) is 43.2 Å². The third-order valence-corrected chi connectivity index (χ3v) is 4.16. The molecule has 1 aliphatic rings. The van der Waals surface area contributed by atoms with E-state index in [0.717, 1.165) is 19.4 Å². The van der Waals surface area contributed by atoms with Gasteiger partial charge in [-0.3, -0.25) is 10.1 Å². The van der Waals surface area contributed by atoms with E-state index in [0.29, 0.717) is 18.0 Å². The second-order valence-electron chi connectivity index (χ2n) is 6.11. The van der Waals surface area contributed by atoms with Crippen LogP contribution in [-0.4, -0.2) is 38.2 Å². The molecule has 1 fully saturated rings. The number of rotatable bonds is 5. The van der Waals surface area contributed by atoms with E-state index < -0.39 is 11.7 Å². The Morgan fingerprint density at radius 1 is 1.30 bits per heavy atom. The minimum atomic E-state index is -0.474. The lowest BCUT2D eigenvalue weighted by molar-refractivity contribution is 0.0975. The number of nitrogens with one attached hydrogen (secondary N) is 2.